The number of aliphatic carboxylic acids is 1. The van der Waals surface area contributed by atoms with Gasteiger partial charge in [0.25, 0.3) is 0 Å². The van der Waals surface area contributed by atoms with Crippen LogP contribution < -0.4 is 0 Å². The number of methoxy groups -OCH3 is 1. The molecule has 1 fully saturated rings. The number of hydrogen-bond acceptors (Lipinski definition) is 3. The summed E-state index contributed by atoms with van der Waals surface area (Å²) in [4.78, 5) is 25.3. The summed E-state index contributed by atoms with van der Waals surface area (Å²) in [7, 11) is 1.62. The van der Waals surface area contributed by atoms with E-state index in [9.17, 15) is 14.7 Å². The van der Waals surface area contributed by atoms with Crippen LogP contribution in [0, 0.1) is 17.3 Å². The van der Waals surface area contributed by atoms with Crippen LogP contribution in [-0.4, -0.2) is 48.7 Å². The molecule has 0 aromatic rings. The van der Waals surface area contributed by atoms with E-state index >= 15 is 0 Å². The zero-order valence-corrected chi connectivity index (χ0v) is 12.3. The minimum absolute atomic E-state index is 0.0270. The maximum Gasteiger partial charge on any atom is 0.311 e. The maximum atomic E-state index is 12.1. The summed E-state index contributed by atoms with van der Waals surface area (Å²) < 4.78 is 5.02. The van der Waals surface area contributed by atoms with Crippen LogP contribution in [0.25, 0.3) is 0 Å². The highest BCUT2D eigenvalue weighted by Crippen LogP contribution is 2.38. The normalized spacial score (nSPS) is 24.8. The second-order valence-electron chi connectivity index (χ2n) is 5.95. The SMILES string of the molecule is COCC(C)CC(=O)N1CCC(C(=O)O)(C(C)C)C1. The fraction of sp³-hybridized carbons (Fsp3) is 0.857. The highest BCUT2D eigenvalue weighted by atomic mass is 16.5. The highest BCUT2D eigenvalue weighted by molar-refractivity contribution is 5.81. The molecule has 0 aliphatic carbocycles. The van der Waals surface area contributed by atoms with Gasteiger partial charge in [-0.05, 0) is 18.3 Å². The fourth-order valence-electron chi connectivity index (χ4n) is 2.71. The van der Waals surface area contributed by atoms with Crippen molar-refractivity contribution in [2.75, 3.05) is 26.8 Å². The predicted molar refractivity (Wildman–Crippen MR) is 71.8 cm³/mol. The first-order valence-corrected chi connectivity index (χ1v) is 6.83. The number of ether oxygens (including phenoxy) is 1. The lowest BCUT2D eigenvalue weighted by atomic mass is 9.76. The average molecular weight is 271 g/mol. The van der Waals surface area contributed by atoms with Crippen molar-refractivity contribution in [2.24, 2.45) is 17.3 Å². The van der Waals surface area contributed by atoms with Gasteiger partial charge in [0, 0.05) is 33.2 Å². The lowest BCUT2D eigenvalue weighted by Crippen LogP contribution is -2.41. The molecule has 1 rings (SSSR count). The van der Waals surface area contributed by atoms with Gasteiger partial charge >= 0.3 is 5.97 Å². The smallest absolute Gasteiger partial charge is 0.311 e. The summed E-state index contributed by atoms with van der Waals surface area (Å²) in [5, 5.41) is 9.44. The molecule has 1 N–H and O–H groups in total. The Morgan fingerprint density at radius 1 is 1.37 bits per heavy atom. The number of amides is 1. The van der Waals surface area contributed by atoms with E-state index in [1.807, 2.05) is 20.8 Å². The van der Waals surface area contributed by atoms with Crippen LogP contribution in [0.15, 0.2) is 0 Å². The number of nitrogens with zero attached hydrogens (tertiary/aromatic N) is 1. The van der Waals surface area contributed by atoms with Gasteiger partial charge in [-0.3, -0.25) is 9.59 Å². The third-order valence-electron chi connectivity index (χ3n) is 4.16. The predicted octanol–water partition coefficient (Wildman–Crippen LogP) is 1.62. The topological polar surface area (TPSA) is 66.8 Å². The molecule has 0 bridgehead atoms. The van der Waals surface area contributed by atoms with Crippen molar-refractivity contribution in [2.45, 2.75) is 33.6 Å². The Morgan fingerprint density at radius 2 is 2.00 bits per heavy atom. The molecule has 5 heteroatoms. The van der Waals surface area contributed by atoms with Gasteiger partial charge in [-0.15, -0.1) is 0 Å². The van der Waals surface area contributed by atoms with Gasteiger partial charge in [0.15, 0.2) is 0 Å². The number of carbonyl (C=O) groups is 2. The van der Waals surface area contributed by atoms with E-state index in [4.69, 9.17) is 4.74 Å². The van der Waals surface area contributed by atoms with Crippen LogP contribution in [0.2, 0.25) is 0 Å². The minimum Gasteiger partial charge on any atom is -0.481 e. The molecule has 1 amide bonds. The van der Waals surface area contributed by atoms with E-state index in [-0.39, 0.29) is 17.7 Å². The summed E-state index contributed by atoms with van der Waals surface area (Å²) in [6.45, 7) is 7.21. The molecule has 2 atom stereocenters. The maximum absolute atomic E-state index is 12.1. The van der Waals surface area contributed by atoms with E-state index in [1.165, 1.54) is 0 Å². The lowest BCUT2D eigenvalue weighted by molar-refractivity contribution is -0.151. The monoisotopic (exact) mass is 271 g/mol. The summed E-state index contributed by atoms with van der Waals surface area (Å²) in [5.41, 5.74) is -0.778. The van der Waals surface area contributed by atoms with Crippen molar-refractivity contribution in [1.29, 1.82) is 0 Å². The number of likely N-dealkylation sites (tertiary alicyclic amines) is 1. The summed E-state index contributed by atoms with van der Waals surface area (Å²) in [6.07, 6.45) is 0.964. The zero-order chi connectivity index (χ0) is 14.6. The molecule has 0 spiro atoms. The average Bonchev–Trinajstić information content (AvgIpc) is 2.75. The third-order valence-corrected chi connectivity index (χ3v) is 4.16. The van der Waals surface area contributed by atoms with Gasteiger partial charge in [-0.1, -0.05) is 20.8 Å². The largest absolute Gasteiger partial charge is 0.481 e. The van der Waals surface area contributed by atoms with Gasteiger partial charge in [-0.2, -0.15) is 0 Å². The molecule has 1 aliphatic heterocycles. The molecule has 1 heterocycles. The van der Waals surface area contributed by atoms with Crippen molar-refractivity contribution in [3.05, 3.63) is 0 Å². The van der Waals surface area contributed by atoms with E-state index in [1.54, 1.807) is 12.0 Å². The minimum atomic E-state index is -0.789. The molecule has 0 aromatic heterocycles. The van der Waals surface area contributed by atoms with Crippen molar-refractivity contribution in [1.82, 2.24) is 4.90 Å². The van der Waals surface area contributed by atoms with Gasteiger partial charge < -0.3 is 14.7 Å². The third kappa shape index (κ3) is 3.47. The second-order valence-corrected chi connectivity index (χ2v) is 5.95. The molecule has 0 saturated carbocycles. The molecular weight excluding hydrogens is 246 g/mol. The van der Waals surface area contributed by atoms with E-state index in [0.717, 1.165) is 0 Å². The molecular formula is C14H25NO4. The Kier molecular flexibility index (Phi) is 5.35. The second kappa shape index (κ2) is 6.37. The van der Waals surface area contributed by atoms with Crippen LogP contribution in [-0.2, 0) is 14.3 Å². The van der Waals surface area contributed by atoms with Crippen LogP contribution in [0.5, 0.6) is 0 Å². The van der Waals surface area contributed by atoms with Crippen LogP contribution in [0.4, 0.5) is 0 Å². The highest BCUT2D eigenvalue weighted by Gasteiger charge is 2.48. The number of carboxylic acids is 1. The molecule has 1 aliphatic rings. The quantitative estimate of drug-likeness (QED) is 0.797. The summed E-state index contributed by atoms with van der Waals surface area (Å²) in [6, 6.07) is 0. The molecule has 5 nitrogen and oxygen atoms in total. The zero-order valence-electron chi connectivity index (χ0n) is 12.3. The summed E-state index contributed by atoms with van der Waals surface area (Å²) in [5.74, 6) is -0.563. The number of carbonyl (C=O) groups excluding carboxylic acids is 1. The van der Waals surface area contributed by atoms with E-state index < -0.39 is 11.4 Å². The first-order valence-electron chi connectivity index (χ1n) is 6.83. The Morgan fingerprint density at radius 3 is 2.42 bits per heavy atom. The standard InChI is InChI=1S/C14H25NO4/c1-10(2)14(13(17)18)5-6-15(9-14)12(16)7-11(3)8-19-4/h10-11H,5-9H2,1-4H3,(H,17,18). The van der Waals surface area contributed by atoms with Gasteiger partial charge in [0.1, 0.15) is 0 Å². The van der Waals surface area contributed by atoms with E-state index in [2.05, 4.69) is 0 Å². The van der Waals surface area contributed by atoms with Crippen LogP contribution >= 0.6 is 0 Å². The van der Waals surface area contributed by atoms with Crippen molar-refractivity contribution >= 4 is 11.9 Å². The molecule has 1 saturated heterocycles. The Hall–Kier alpha value is -1.10. The van der Waals surface area contributed by atoms with Gasteiger partial charge in [0.2, 0.25) is 5.91 Å². The van der Waals surface area contributed by atoms with Gasteiger partial charge in [-0.25, -0.2) is 0 Å². The first kappa shape index (κ1) is 16.0. The first-order chi connectivity index (χ1) is 8.83. The number of hydrogen-bond donors (Lipinski definition) is 1. The molecule has 0 radical (unpaired) electrons. The Bertz CT molecular complexity index is 342. The fourth-order valence-corrected chi connectivity index (χ4v) is 2.71. The van der Waals surface area contributed by atoms with E-state index in [0.29, 0.717) is 32.5 Å². The summed E-state index contributed by atoms with van der Waals surface area (Å²) >= 11 is 0. The Labute approximate surface area is 114 Å². The molecule has 0 aromatic carbocycles. The van der Waals surface area contributed by atoms with Crippen LogP contribution in [0.3, 0.4) is 0 Å². The number of rotatable bonds is 6. The van der Waals surface area contributed by atoms with Crippen molar-refractivity contribution in [3.63, 3.8) is 0 Å². The van der Waals surface area contributed by atoms with Crippen molar-refractivity contribution < 1.29 is 19.4 Å². The van der Waals surface area contributed by atoms with Crippen molar-refractivity contribution in [3.8, 4) is 0 Å². The molecule has 110 valence electrons. The van der Waals surface area contributed by atoms with Crippen LogP contribution in [0.1, 0.15) is 33.6 Å². The Balaban J connectivity index is 2.64. The van der Waals surface area contributed by atoms with Gasteiger partial charge in [0.05, 0.1) is 5.41 Å². The molecule has 19 heavy (non-hydrogen) atoms. The number of carboxylic acid groups (broad SMARTS) is 1. The molecule has 2 unspecified atom stereocenters. The lowest BCUT2D eigenvalue weighted by Gasteiger charge is -2.28.